The van der Waals surface area contributed by atoms with Gasteiger partial charge in [-0.05, 0) is 44.4 Å². The van der Waals surface area contributed by atoms with Crippen LogP contribution in [0.3, 0.4) is 0 Å². The van der Waals surface area contributed by atoms with E-state index in [4.69, 9.17) is 4.74 Å². The van der Waals surface area contributed by atoms with Gasteiger partial charge >= 0.3 is 0 Å². The smallest absolute Gasteiger partial charge is 0.139 e. The van der Waals surface area contributed by atoms with Gasteiger partial charge in [-0.1, -0.05) is 36.4 Å². The van der Waals surface area contributed by atoms with Crippen molar-refractivity contribution in [3.8, 4) is 5.75 Å². The molecule has 0 unspecified atom stereocenters. The first-order valence-electron chi connectivity index (χ1n) is 6.02. The fourth-order valence-corrected chi connectivity index (χ4v) is 2.31. The number of rotatable bonds is 3. The molecule has 0 N–H and O–H groups in total. The van der Waals surface area contributed by atoms with Crippen molar-refractivity contribution in [1.82, 2.24) is 4.98 Å². The van der Waals surface area contributed by atoms with Gasteiger partial charge in [0.05, 0.1) is 6.20 Å². The number of halogens is 1. The lowest BCUT2D eigenvalue weighted by atomic mass is 10.1. The number of fused-ring (bicyclic) bond motifs is 1. The molecule has 2 aromatic carbocycles. The molecule has 19 heavy (non-hydrogen) atoms. The first-order valence-corrected chi connectivity index (χ1v) is 6.81. The number of aromatic nitrogens is 1. The maximum atomic E-state index is 5.73. The minimum atomic E-state index is 0.545. The van der Waals surface area contributed by atoms with Crippen molar-refractivity contribution >= 4 is 26.7 Å². The summed E-state index contributed by atoms with van der Waals surface area (Å²) >= 11 is 3.38. The second-order valence-electron chi connectivity index (χ2n) is 4.31. The minimum absolute atomic E-state index is 0.545. The largest absolute Gasteiger partial charge is 0.487 e. The van der Waals surface area contributed by atoms with Crippen molar-refractivity contribution < 1.29 is 4.74 Å². The molecular weight excluding hydrogens is 302 g/mol. The van der Waals surface area contributed by atoms with Crippen molar-refractivity contribution in [2.45, 2.75) is 6.61 Å². The summed E-state index contributed by atoms with van der Waals surface area (Å²) in [5.74, 6) is 0.766. The molecule has 0 saturated carbocycles. The molecule has 0 aliphatic rings. The van der Waals surface area contributed by atoms with Crippen molar-refractivity contribution in [2.24, 2.45) is 0 Å². The monoisotopic (exact) mass is 313 g/mol. The Labute approximate surface area is 120 Å². The molecule has 0 spiro atoms. The van der Waals surface area contributed by atoms with Crippen molar-refractivity contribution in [3.05, 3.63) is 71.0 Å². The molecule has 0 fully saturated rings. The van der Waals surface area contributed by atoms with Crippen LogP contribution in [0.5, 0.6) is 5.75 Å². The molecule has 94 valence electrons. The van der Waals surface area contributed by atoms with Crippen LogP contribution < -0.4 is 4.74 Å². The van der Waals surface area contributed by atoms with Crippen LogP contribution in [0.4, 0.5) is 0 Å². The molecule has 3 rings (SSSR count). The van der Waals surface area contributed by atoms with Gasteiger partial charge in [-0.15, -0.1) is 0 Å². The van der Waals surface area contributed by atoms with Crippen molar-refractivity contribution in [3.63, 3.8) is 0 Å². The quantitative estimate of drug-likeness (QED) is 0.706. The Kier molecular flexibility index (Phi) is 3.47. The third kappa shape index (κ3) is 2.93. The Morgan fingerprint density at radius 2 is 1.79 bits per heavy atom. The molecule has 0 saturated heterocycles. The van der Waals surface area contributed by atoms with Gasteiger partial charge in [0.25, 0.3) is 0 Å². The fourth-order valence-electron chi connectivity index (χ4n) is 1.97. The first-order chi connectivity index (χ1) is 9.31. The summed E-state index contributed by atoms with van der Waals surface area (Å²) in [5.41, 5.74) is 1.15. The number of hydrogen-bond acceptors (Lipinski definition) is 2. The van der Waals surface area contributed by atoms with Crippen molar-refractivity contribution in [1.29, 1.82) is 0 Å². The lowest BCUT2D eigenvalue weighted by Gasteiger charge is -2.07. The molecule has 0 radical (unpaired) electrons. The molecule has 1 heterocycles. The van der Waals surface area contributed by atoms with E-state index < -0.39 is 0 Å². The first kappa shape index (κ1) is 12.2. The zero-order valence-corrected chi connectivity index (χ0v) is 11.8. The number of pyridine rings is 1. The zero-order valence-electron chi connectivity index (χ0n) is 10.2. The van der Waals surface area contributed by atoms with E-state index in [9.17, 15) is 0 Å². The third-order valence-corrected chi connectivity index (χ3v) is 3.33. The van der Waals surface area contributed by atoms with Crippen LogP contribution in [0.1, 0.15) is 5.56 Å². The van der Waals surface area contributed by atoms with E-state index in [0.29, 0.717) is 6.61 Å². The summed E-state index contributed by atoms with van der Waals surface area (Å²) in [6.45, 7) is 0.545. The molecule has 0 amide bonds. The molecular formula is C16H12BrNO. The van der Waals surface area contributed by atoms with Gasteiger partial charge in [-0.25, -0.2) is 0 Å². The summed E-state index contributed by atoms with van der Waals surface area (Å²) in [7, 11) is 0. The number of hydrogen-bond donors (Lipinski definition) is 0. The molecule has 0 bridgehead atoms. The highest BCUT2D eigenvalue weighted by atomic mass is 79.9. The highest BCUT2D eigenvalue weighted by molar-refractivity contribution is 9.10. The normalized spacial score (nSPS) is 10.6. The van der Waals surface area contributed by atoms with E-state index in [2.05, 4.69) is 51.2 Å². The summed E-state index contributed by atoms with van der Waals surface area (Å²) < 4.78 is 6.65. The highest BCUT2D eigenvalue weighted by Gasteiger charge is 1.99. The van der Waals surface area contributed by atoms with E-state index in [-0.39, 0.29) is 0 Å². The predicted molar refractivity (Wildman–Crippen MR) is 80.2 cm³/mol. The van der Waals surface area contributed by atoms with E-state index in [1.807, 2.05) is 18.2 Å². The standard InChI is InChI=1S/C16H12BrNO/c17-15-8-16(10-18-9-15)19-11-12-5-6-13-3-1-2-4-14(13)7-12/h1-10H,11H2. The Bertz CT molecular complexity index is 712. The predicted octanol–water partition coefficient (Wildman–Crippen LogP) is 4.58. The summed E-state index contributed by atoms with van der Waals surface area (Å²) in [6.07, 6.45) is 3.45. The fraction of sp³-hybridized carbons (Fsp3) is 0.0625. The number of benzene rings is 2. The van der Waals surface area contributed by atoms with Crippen LogP contribution in [-0.2, 0) is 6.61 Å². The Morgan fingerprint density at radius 1 is 0.947 bits per heavy atom. The Hall–Kier alpha value is -1.87. The van der Waals surface area contributed by atoms with E-state index >= 15 is 0 Å². The molecule has 0 aliphatic carbocycles. The molecule has 3 heteroatoms. The minimum Gasteiger partial charge on any atom is -0.487 e. The Balaban J connectivity index is 1.78. The molecule has 3 aromatic rings. The van der Waals surface area contributed by atoms with Gasteiger partial charge in [0.15, 0.2) is 0 Å². The third-order valence-electron chi connectivity index (χ3n) is 2.90. The second kappa shape index (κ2) is 5.41. The van der Waals surface area contributed by atoms with Gasteiger partial charge < -0.3 is 4.74 Å². The summed E-state index contributed by atoms with van der Waals surface area (Å²) in [5, 5.41) is 2.48. The summed E-state index contributed by atoms with van der Waals surface area (Å²) in [4.78, 5) is 4.07. The average Bonchev–Trinajstić information content (AvgIpc) is 2.45. The van der Waals surface area contributed by atoms with E-state index in [1.54, 1.807) is 12.4 Å². The van der Waals surface area contributed by atoms with E-state index in [1.165, 1.54) is 10.8 Å². The molecule has 0 aliphatic heterocycles. The second-order valence-corrected chi connectivity index (χ2v) is 5.22. The van der Waals surface area contributed by atoms with Crippen LogP contribution >= 0.6 is 15.9 Å². The van der Waals surface area contributed by atoms with E-state index in [0.717, 1.165) is 15.8 Å². The lowest BCUT2D eigenvalue weighted by molar-refractivity contribution is 0.305. The summed E-state index contributed by atoms with van der Waals surface area (Å²) in [6, 6.07) is 16.6. The van der Waals surface area contributed by atoms with Gasteiger partial charge in [0, 0.05) is 10.7 Å². The molecule has 0 atom stereocenters. The van der Waals surface area contributed by atoms with Gasteiger partial charge in [-0.2, -0.15) is 0 Å². The average molecular weight is 314 g/mol. The van der Waals surface area contributed by atoms with Crippen LogP contribution in [0.15, 0.2) is 65.4 Å². The van der Waals surface area contributed by atoms with Crippen molar-refractivity contribution in [2.75, 3.05) is 0 Å². The topological polar surface area (TPSA) is 22.1 Å². The lowest BCUT2D eigenvalue weighted by Crippen LogP contribution is -1.95. The van der Waals surface area contributed by atoms with Gasteiger partial charge in [-0.3, -0.25) is 4.98 Å². The number of ether oxygens (including phenoxy) is 1. The maximum absolute atomic E-state index is 5.73. The Morgan fingerprint density at radius 3 is 2.63 bits per heavy atom. The zero-order chi connectivity index (χ0) is 13.1. The van der Waals surface area contributed by atoms with Crippen LogP contribution in [0.2, 0.25) is 0 Å². The van der Waals surface area contributed by atoms with Crippen LogP contribution in [0.25, 0.3) is 10.8 Å². The SMILES string of the molecule is Brc1cncc(OCc2ccc3ccccc3c2)c1. The van der Waals surface area contributed by atoms with Gasteiger partial charge in [0.1, 0.15) is 12.4 Å². The number of nitrogens with zero attached hydrogens (tertiary/aromatic N) is 1. The maximum Gasteiger partial charge on any atom is 0.139 e. The van der Waals surface area contributed by atoms with Crippen LogP contribution in [-0.4, -0.2) is 4.98 Å². The van der Waals surface area contributed by atoms with Crippen LogP contribution in [0, 0.1) is 0 Å². The van der Waals surface area contributed by atoms with Gasteiger partial charge in [0.2, 0.25) is 0 Å². The molecule has 2 nitrogen and oxygen atoms in total. The molecule has 1 aromatic heterocycles. The highest BCUT2D eigenvalue weighted by Crippen LogP contribution is 2.19.